The number of ether oxygens (including phenoxy) is 1. The van der Waals surface area contributed by atoms with Crippen LogP contribution in [0.25, 0.3) is 10.2 Å². The Morgan fingerprint density at radius 2 is 2.11 bits per heavy atom. The Labute approximate surface area is 116 Å². The molecular formula is C14H18N2O2S. The number of aryl methyl sites for hydroxylation is 1. The Hall–Kier alpha value is -1.20. The van der Waals surface area contributed by atoms with Gasteiger partial charge < -0.3 is 9.84 Å². The van der Waals surface area contributed by atoms with Gasteiger partial charge in [0.2, 0.25) is 5.88 Å². The molecule has 0 amide bonds. The molecule has 0 bridgehead atoms. The van der Waals surface area contributed by atoms with Gasteiger partial charge in [-0.15, -0.1) is 11.3 Å². The molecule has 1 fully saturated rings. The summed E-state index contributed by atoms with van der Waals surface area (Å²) in [6, 6.07) is 0. The molecule has 1 aliphatic rings. The Kier molecular flexibility index (Phi) is 3.66. The Balaban J connectivity index is 1.75. The molecule has 3 rings (SSSR count). The third-order valence-electron chi connectivity index (χ3n) is 3.83. The lowest BCUT2D eigenvalue weighted by molar-refractivity contribution is 0.102. The predicted octanol–water partition coefficient (Wildman–Crippen LogP) is 2.93. The molecule has 1 saturated carbocycles. The SMILES string of the molecule is Cc1csc2c(OC3CCC(CO)CC3)ncnc12. The molecule has 0 aromatic carbocycles. The van der Waals surface area contributed by atoms with E-state index in [9.17, 15) is 0 Å². The molecule has 102 valence electrons. The molecule has 0 aliphatic heterocycles. The van der Waals surface area contributed by atoms with Crippen LogP contribution in [0.1, 0.15) is 31.2 Å². The normalized spacial score (nSPS) is 23.7. The monoisotopic (exact) mass is 278 g/mol. The quantitative estimate of drug-likeness (QED) is 0.938. The lowest BCUT2D eigenvalue weighted by Gasteiger charge is -2.27. The molecule has 0 unspecified atom stereocenters. The average Bonchev–Trinajstić information content (AvgIpc) is 2.83. The highest BCUT2D eigenvalue weighted by Crippen LogP contribution is 2.33. The number of aliphatic hydroxyl groups is 1. The fourth-order valence-electron chi connectivity index (χ4n) is 2.62. The number of hydrogen-bond acceptors (Lipinski definition) is 5. The van der Waals surface area contributed by atoms with Gasteiger partial charge in [0, 0.05) is 6.61 Å². The van der Waals surface area contributed by atoms with Crippen LogP contribution >= 0.6 is 11.3 Å². The lowest BCUT2D eigenvalue weighted by atomic mass is 9.88. The Morgan fingerprint density at radius 3 is 2.84 bits per heavy atom. The molecule has 5 heteroatoms. The van der Waals surface area contributed by atoms with E-state index in [0.717, 1.165) is 41.8 Å². The summed E-state index contributed by atoms with van der Waals surface area (Å²) in [6.45, 7) is 2.36. The van der Waals surface area contributed by atoms with Gasteiger partial charge in [-0.25, -0.2) is 9.97 Å². The molecule has 1 N–H and O–H groups in total. The van der Waals surface area contributed by atoms with E-state index in [0.29, 0.717) is 12.5 Å². The van der Waals surface area contributed by atoms with Crippen LogP contribution in [0, 0.1) is 12.8 Å². The number of fused-ring (bicyclic) bond motifs is 1. The van der Waals surface area contributed by atoms with Gasteiger partial charge in [0.15, 0.2) is 0 Å². The standard InChI is InChI=1S/C14H18N2O2S/c1-9-7-19-13-12(9)15-8-16-14(13)18-11-4-2-10(6-17)3-5-11/h7-8,10-11,17H,2-6H2,1H3. The van der Waals surface area contributed by atoms with Gasteiger partial charge in [0.05, 0.1) is 5.52 Å². The average molecular weight is 278 g/mol. The van der Waals surface area contributed by atoms with Crippen molar-refractivity contribution in [3.8, 4) is 5.88 Å². The molecule has 0 atom stereocenters. The van der Waals surface area contributed by atoms with E-state index < -0.39 is 0 Å². The van der Waals surface area contributed by atoms with Crippen LogP contribution in [0.2, 0.25) is 0 Å². The first-order valence-electron chi connectivity index (χ1n) is 6.74. The first-order chi connectivity index (χ1) is 9.28. The third-order valence-corrected chi connectivity index (χ3v) is 4.90. The topological polar surface area (TPSA) is 55.2 Å². The number of thiophene rings is 1. The van der Waals surface area contributed by atoms with Gasteiger partial charge in [0.25, 0.3) is 0 Å². The highest BCUT2D eigenvalue weighted by Gasteiger charge is 2.23. The molecule has 19 heavy (non-hydrogen) atoms. The van der Waals surface area contributed by atoms with E-state index >= 15 is 0 Å². The summed E-state index contributed by atoms with van der Waals surface area (Å²) >= 11 is 1.64. The summed E-state index contributed by atoms with van der Waals surface area (Å²) in [6.07, 6.45) is 5.89. The van der Waals surface area contributed by atoms with Crippen LogP contribution < -0.4 is 4.74 Å². The van der Waals surface area contributed by atoms with E-state index in [1.54, 1.807) is 17.7 Å². The highest BCUT2D eigenvalue weighted by atomic mass is 32.1. The summed E-state index contributed by atoms with van der Waals surface area (Å²) in [4.78, 5) is 8.59. The molecule has 1 aliphatic carbocycles. The minimum atomic E-state index is 0.225. The molecule has 0 saturated heterocycles. The second-order valence-corrected chi connectivity index (χ2v) is 6.10. The van der Waals surface area contributed by atoms with Crippen molar-refractivity contribution < 1.29 is 9.84 Å². The van der Waals surface area contributed by atoms with E-state index in [-0.39, 0.29) is 6.10 Å². The zero-order chi connectivity index (χ0) is 13.2. The van der Waals surface area contributed by atoms with Crippen molar-refractivity contribution in [2.24, 2.45) is 5.92 Å². The number of nitrogens with zero attached hydrogens (tertiary/aromatic N) is 2. The van der Waals surface area contributed by atoms with Crippen LogP contribution in [0.4, 0.5) is 0 Å². The van der Waals surface area contributed by atoms with E-state index in [2.05, 4.69) is 22.3 Å². The van der Waals surface area contributed by atoms with Gasteiger partial charge in [-0.1, -0.05) is 0 Å². The van der Waals surface area contributed by atoms with Gasteiger partial charge in [-0.05, 0) is 49.5 Å². The molecule has 4 nitrogen and oxygen atoms in total. The summed E-state index contributed by atoms with van der Waals surface area (Å²) in [5.74, 6) is 1.17. The summed E-state index contributed by atoms with van der Waals surface area (Å²) in [5.41, 5.74) is 2.18. The molecule has 2 heterocycles. The van der Waals surface area contributed by atoms with Crippen LogP contribution in [-0.4, -0.2) is 27.8 Å². The van der Waals surface area contributed by atoms with Gasteiger partial charge >= 0.3 is 0 Å². The van der Waals surface area contributed by atoms with Crippen molar-refractivity contribution in [1.29, 1.82) is 0 Å². The van der Waals surface area contributed by atoms with Crippen molar-refractivity contribution in [3.63, 3.8) is 0 Å². The summed E-state index contributed by atoms with van der Waals surface area (Å²) < 4.78 is 7.10. The molecular weight excluding hydrogens is 260 g/mol. The fraction of sp³-hybridized carbons (Fsp3) is 0.571. The first-order valence-corrected chi connectivity index (χ1v) is 7.62. The summed E-state index contributed by atoms with van der Waals surface area (Å²) in [7, 11) is 0. The van der Waals surface area contributed by atoms with E-state index in [1.165, 1.54) is 5.56 Å². The minimum Gasteiger partial charge on any atom is -0.473 e. The zero-order valence-corrected chi connectivity index (χ0v) is 11.8. The van der Waals surface area contributed by atoms with Crippen LogP contribution in [0.3, 0.4) is 0 Å². The van der Waals surface area contributed by atoms with Gasteiger partial charge in [-0.3, -0.25) is 0 Å². The second kappa shape index (κ2) is 5.43. The summed E-state index contributed by atoms with van der Waals surface area (Å²) in [5, 5.41) is 11.2. The Morgan fingerprint density at radius 1 is 1.32 bits per heavy atom. The molecule has 2 aromatic heterocycles. The predicted molar refractivity (Wildman–Crippen MR) is 75.6 cm³/mol. The number of rotatable bonds is 3. The number of hydrogen-bond donors (Lipinski definition) is 1. The maximum absolute atomic E-state index is 9.15. The second-order valence-electron chi connectivity index (χ2n) is 5.22. The third kappa shape index (κ3) is 2.58. The zero-order valence-electron chi connectivity index (χ0n) is 11.0. The van der Waals surface area contributed by atoms with Crippen molar-refractivity contribution in [1.82, 2.24) is 9.97 Å². The minimum absolute atomic E-state index is 0.225. The van der Waals surface area contributed by atoms with Crippen LogP contribution in [-0.2, 0) is 0 Å². The molecule has 0 radical (unpaired) electrons. The number of aliphatic hydroxyl groups excluding tert-OH is 1. The number of aromatic nitrogens is 2. The van der Waals surface area contributed by atoms with Crippen molar-refractivity contribution in [2.75, 3.05) is 6.61 Å². The highest BCUT2D eigenvalue weighted by molar-refractivity contribution is 7.17. The van der Waals surface area contributed by atoms with Gasteiger partial charge in [-0.2, -0.15) is 0 Å². The van der Waals surface area contributed by atoms with Crippen LogP contribution in [0.5, 0.6) is 5.88 Å². The van der Waals surface area contributed by atoms with E-state index in [4.69, 9.17) is 9.84 Å². The largest absolute Gasteiger partial charge is 0.473 e. The smallest absolute Gasteiger partial charge is 0.235 e. The lowest BCUT2D eigenvalue weighted by Crippen LogP contribution is -2.25. The van der Waals surface area contributed by atoms with Crippen molar-refractivity contribution >= 4 is 21.6 Å². The fourth-order valence-corrected chi connectivity index (χ4v) is 3.56. The Bertz CT molecular complexity index is 562. The van der Waals surface area contributed by atoms with Gasteiger partial charge in [0.1, 0.15) is 17.1 Å². The molecule has 0 spiro atoms. The van der Waals surface area contributed by atoms with Crippen molar-refractivity contribution in [2.45, 2.75) is 38.7 Å². The maximum Gasteiger partial charge on any atom is 0.235 e. The molecule has 2 aromatic rings. The first kappa shape index (κ1) is 12.8. The maximum atomic E-state index is 9.15. The van der Waals surface area contributed by atoms with E-state index in [1.807, 2.05) is 0 Å². The van der Waals surface area contributed by atoms with Crippen molar-refractivity contribution in [3.05, 3.63) is 17.3 Å². The van der Waals surface area contributed by atoms with Crippen LogP contribution in [0.15, 0.2) is 11.7 Å².